The smallest absolute Gasteiger partial charge is 0.446 e. The number of piperidine rings is 1. The number of carbonyl (C=O) groups excluding carboxylic acids is 1. The van der Waals surface area contributed by atoms with Crippen LogP contribution in [0.3, 0.4) is 0 Å². The standard InChI is InChI=1S/C27H35F3N4O2S.CH4/c1-36-24-8-4-22(5-9-24)34-19-17-32(18-20-34)14-2-3-26(35)31-21-12-15-33(16-13-21)23-6-10-25(11-7-23)37-27(28,29)30;/h4-11,21H,2-3,12-20H2,1H3,(H,31,35);1H4. The zero-order valence-corrected chi connectivity index (χ0v) is 22.0. The summed E-state index contributed by atoms with van der Waals surface area (Å²) < 4.78 is 42.8. The average Bonchev–Trinajstić information content (AvgIpc) is 2.89. The Bertz CT molecular complexity index is 989. The third-order valence-electron chi connectivity index (χ3n) is 6.98. The molecule has 10 heteroatoms. The number of anilines is 2. The SMILES string of the molecule is C.COc1ccc(N2CCN(CCCC(=O)NC3CCN(c4ccc(SC(F)(F)F)cc4)CC3)CC2)cc1. The molecule has 0 radical (unpaired) electrons. The molecule has 2 aromatic rings. The summed E-state index contributed by atoms with van der Waals surface area (Å²) in [4.78, 5) is 19.6. The Morgan fingerprint density at radius 1 is 0.921 bits per heavy atom. The lowest BCUT2D eigenvalue weighted by Gasteiger charge is -2.36. The summed E-state index contributed by atoms with van der Waals surface area (Å²) in [6.07, 6.45) is 3.03. The summed E-state index contributed by atoms with van der Waals surface area (Å²) in [5.74, 6) is 0.965. The van der Waals surface area contributed by atoms with Gasteiger partial charge in [0.2, 0.25) is 5.91 Å². The first-order valence-electron chi connectivity index (χ1n) is 12.8. The van der Waals surface area contributed by atoms with Crippen LogP contribution in [0.4, 0.5) is 24.5 Å². The highest BCUT2D eigenvalue weighted by Gasteiger charge is 2.29. The largest absolute Gasteiger partial charge is 0.497 e. The van der Waals surface area contributed by atoms with Gasteiger partial charge in [-0.3, -0.25) is 9.69 Å². The summed E-state index contributed by atoms with van der Waals surface area (Å²) in [5.41, 5.74) is -2.14. The van der Waals surface area contributed by atoms with Crippen molar-refractivity contribution in [2.75, 3.05) is 62.7 Å². The second-order valence-electron chi connectivity index (χ2n) is 9.50. The van der Waals surface area contributed by atoms with Crippen molar-refractivity contribution in [1.29, 1.82) is 0 Å². The number of ether oxygens (including phenoxy) is 1. The van der Waals surface area contributed by atoms with Gasteiger partial charge in [0.05, 0.1) is 7.11 Å². The number of rotatable bonds is 9. The molecule has 2 aromatic carbocycles. The lowest BCUT2D eigenvalue weighted by molar-refractivity contribution is -0.122. The molecule has 2 aliphatic rings. The zero-order valence-electron chi connectivity index (χ0n) is 21.2. The monoisotopic (exact) mass is 552 g/mol. The first-order chi connectivity index (χ1) is 17.8. The molecular formula is C28H39F3N4O2S. The highest BCUT2D eigenvalue weighted by atomic mass is 32.2. The average molecular weight is 553 g/mol. The van der Waals surface area contributed by atoms with Crippen molar-refractivity contribution in [2.45, 2.75) is 49.6 Å². The molecule has 0 aromatic heterocycles. The molecule has 2 heterocycles. The van der Waals surface area contributed by atoms with Crippen LogP contribution >= 0.6 is 11.8 Å². The molecule has 0 saturated carbocycles. The van der Waals surface area contributed by atoms with Crippen molar-refractivity contribution < 1.29 is 22.7 Å². The normalized spacial score (nSPS) is 17.2. The summed E-state index contributed by atoms with van der Waals surface area (Å²) in [6.45, 7) is 6.39. The molecule has 6 nitrogen and oxygen atoms in total. The number of piperazine rings is 1. The minimum Gasteiger partial charge on any atom is -0.497 e. The van der Waals surface area contributed by atoms with E-state index in [0.717, 1.165) is 76.5 Å². The van der Waals surface area contributed by atoms with Gasteiger partial charge in [0.25, 0.3) is 0 Å². The third kappa shape index (κ3) is 9.01. The van der Waals surface area contributed by atoms with Gasteiger partial charge in [-0.2, -0.15) is 13.2 Å². The molecule has 0 bridgehead atoms. The number of hydrogen-bond donors (Lipinski definition) is 1. The maximum atomic E-state index is 12.5. The van der Waals surface area contributed by atoms with Crippen LogP contribution in [0.5, 0.6) is 5.75 Å². The number of nitrogens with one attached hydrogen (secondary N) is 1. The van der Waals surface area contributed by atoms with Crippen LogP contribution in [-0.4, -0.2) is 75.3 Å². The number of methoxy groups -OCH3 is 1. The van der Waals surface area contributed by atoms with Crippen LogP contribution in [0.25, 0.3) is 0 Å². The minimum atomic E-state index is -4.27. The molecule has 0 unspecified atom stereocenters. The number of alkyl halides is 3. The molecule has 0 aliphatic carbocycles. The number of halogens is 3. The molecule has 210 valence electrons. The van der Waals surface area contributed by atoms with E-state index in [1.54, 1.807) is 19.2 Å². The van der Waals surface area contributed by atoms with Gasteiger partial charge in [-0.1, -0.05) is 7.43 Å². The molecule has 0 atom stereocenters. The molecule has 2 aliphatic heterocycles. The van der Waals surface area contributed by atoms with Gasteiger partial charge in [-0.15, -0.1) is 0 Å². The predicted octanol–water partition coefficient (Wildman–Crippen LogP) is 5.63. The molecule has 2 saturated heterocycles. The van der Waals surface area contributed by atoms with Crippen LogP contribution in [-0.2, 0) is 4.79 Å². The molecular weight excluding hydrogens is 513 g/mol. The number of carbonyl (C=O) groups is 1. The summed E-state index contributed by atoms with van der Waals surface area (Å²) >= 11 is -0.0961. The van der Waals surface area contributed by atoms with Gasteiger partial charge in [0.15, 0.2) is 0 Å². The van der Waals surface area contributed by atoms with Gasteiger partial charge in [-0.05, 0) is 86.1 Å². The van der Waals surface area contributed by atoms with E-state index >= 15 is 0 Å². The van der Waals surface area contributed by atoms with Crippen molar-refractivity contribution in [3.8, 4) is 5.75 Å². The first kappa shape index (κ1) is 30.0. The Balaban J connectivity index is 0.00000400. The van der Waals surface area contributed by atoms with E-state index in [1.165, 1.54) is 17.8 Å². The van der Waals surface area contributed by atoms with E-state index in [9.17, 15) is 18.0 Å². The number of amides is 1. The summed E-state index contributed by atoms with van der Waals surface area (Å²) in [7, 11) is 1.67. The minimum absolute atomic E-state index is 0. The Morgan fingerprint density at radius 2 is 1.47 bits per heavy atom. The van der Waals surface area contributed by atoms with E-state index in [0.29, 0.717) is 6.42 Å². The van der Waals surface area contributed by atoms with Gasteiger partial charge in [-0.25, -0.2) is 0 Å². The van der Waals surface area contributed by atoms with Crippen LogP contribution < -0.4 is 19.9 Å². The fourth-order valence-electron chi connectivity index (χ4n) is 4.93. The second-order valence-corrected chi connectivity index (χ2v) is 10.6. The fraction of sp³-hybridized carbons (Fsp3) is 0.536. The Morgan fingerprint density at radius 3 is 2.03 bits per heavy atom. The summed E-state index contributed by atoms with van der Waals surface area (Å²) in [5, 5.41) is 3.17. The Labute approximate surface area is 228 Å². The van der Waals surface area contributed by atoms with Gasteiger partial charge < -0.3 is 19.9 Å². The highest BCUT2D eigenvalue weighted by molar-refractivity contribution is 8.00. The lowest BCUT2D eigenvalue weighted by Crippen LogP contribution is -2.47. The third-order valence-corrected chi connectivity index (χ3v) is 7.72. The maximum absolute atomic E-state index is 12.5. The van der Waals surface area contributed by atoms with E-state index in [4.69, 9.17) is 4.74 Å². The predicted molar refractivity (Wildman–Crippen MR) is 149 cm³/mol. The number of hydrogen-bond acceptors (Lipinski definition) is 6. The number of benzene rings is 2. The quantitative estimate of drug-likeness (QED) is 0.407. The van der Waals surface area contributed by atoms with Crippen LogP contribution in [0.1, 0.15) is 33.1 Å². The fourth-order valence-corrected chi connectivity index (χ4v) is 5.47. The van der Waals surface area contributed by atoms with Crippen molar-refractivity contribution in [2.24, 2.45) is 0 Å². The second kappa shape index (κ2) is 14.0. The molecule has 2 fully saturated rings. The zero-order chi connectivity index (χ0) is 26.3. The lowest BCUT2D eigenvalue weighted by atomic mass is 10.0. The molecule has 38 heavy (non-hydrogen) atoms. The van der Waals surface area contributed by atoms with Gasteiger partial charge in [0, 0.05) is 68.0 Å². The topological polar surface area (TPSA) is 48.1 Å². The Kier molecular flexibility index (Phi) is 11.0. The van der Waals surface area contributed by atoms with E-state index in [-0.39, 0.29) is 36.0 Å². The number of nitrogens with zero attached hydrogens (tertiary/aromatic N) is 3. The molecule has 4 rings (SSSR count). The molecule has 0 spiro atoms. The van der Waals surface area contributed by atoms with Crippen molar-refractivity contribution in [1.82, 2.24) is 10.2 Å². The highest BCUT2D eigenvalue weighted by Crippen LogP contribution is 2.37. The Hall–Kier alpha value is -2.59. The van der Waals surface area contributed by atoms with Crippen LogP contribution in [0.15, 0.2) is 53.4 Å². The summed E-state index contributed by atoms with van der Waals surface area (Å²) in [6, 6.07) is 14.8. The molecule has 1 N–H and O–H groups in total. The van der Waals surface area contributed by atoms with Gasteiger partial charge in [0.1, 0.15) is 5.75 Å². The van der Waals surface area contributed by atoms with Crippen molar-refractivity contribution in [3.05, 3.63) is 48.5 Å². The van der Waals surface area contributed by atoms with E-state index in [2.05, 4.69) is 32.1 Å². The number of thioether (sulfide) groups is 1. The van der Waals surface area contributed by atoms with E-state index < -0.39 is 5.51 Å². The maximum Gasteiger partial charge on any atom is 0.446 e. The molecule has 1 amide bonds. The first-order valence-corrected chi connectivity index (χ1v) is 13.6. The van der Waals surface area contributed by atoms with Crippen molar-refractivity contribution >= 4 is 29.0 Å². The van der Waals surface area contributed by atoms with Crippen LogP contribution in [0, 0.1) is 0 Å². The van der Waals surface area contributed by atoms with Crippen molar-refractivity contribution in [3.63, 3.8) is 0 Å². The van der Waals surface area contributed by atoms with E-state index in [1.807, 2.05) is 12.1 Å². The van der Waals surface area contributed by atoms with Crippen LogP contribution in [0.2, 0.25) is 0 Å². The van der Waals surface area contributed by atoms with Gasteiger partial charge >= 0.3 is 5.51 Å².